The van der Waals surface area contributed by atoms with Crippen molar-refractivity contribution >= 4 is 0 Å². The van der Waals surface area contributed by atoms with Crippen LogP contribution in [0.1, 0.15) is 91.4 Å². The van der Waals surface area contributed by atoms with Crippen LogP contribution in [0.15, 0.2) is 0 Å². The van der Waals surface area contributed by atoms with Crippen LogP contribution in [0.3, 0.4) is 0 Å². The molecule has 1 N–H and O–H groups in total. The minimum absolute atomic E-state index is 0.213. The van der Waals surface area contributed by atoms with Gasteiger partial charge in [0.15, 0.2) is 5.79 Å². The van der Waals surface area contributed by atoms with Gasteiger partial charge in [0.25, 0.3) is 0 Å². The Hall–Kier alpha value is -0.120. The lowest BCUT2D eigenvalue weighted by molar-refractivity contribution is -0.192. The van der Waals surface area contributed by atoms with E-state index < -0.39 is 0 Å². The van der Waals surface area contributed by atoms with Gasteiger partial charge >= 0.3 is 0 Å². The fourth-order valence-corrected chi connectivity index (χ4v) is 4.67. The van der Waals surface area contributed by atoms with Gasteiger partial charge in [-0.15, -0.1) is 0 Å². The first-order chi connectivity index (χ1) is 11.0. The van der Waals surface area contributed by atoms with Crippen LogP contribution in [0, 0.1) is 5.41 Å². The molecule has 0 aromatic heterocycles. The second kappa shape index (κ2) is 7.41. The maximum atomic E-state index is 6.60. The Morgan fingerprint density at radius 2 is 1.70 bits per heavy atom. The minimum Gasteiger partial charge on any atom is -0.347 e. The van der Waals surface area contributed by atoms with E-state index in [0.717, 1.165) is 19.4 Å². The molecule has 3 rings (SSSR count). The van der Waals surface area contributed by atoms with Gasteiger partial charge in [-0.05, 0) is 37.5 Å². The molecule has 1 spiro atoms. The van der Waals surface area contributed by atoms with E-state index in [1.807, 2.05) is 0 Å². The summed E-state index contributed by atoms with van der Waals surface area (Å²) in [6, 6.07) is 1.07. The van der Waals surface area contributed by atoms with E-state index in [2.05, 4.69) is 26.1 Å². The summed E-state index contributed by atoms with van der Waals surface area (Å²) in [7, 11) is 0. The van der Waals surface area contributed by atoms with Crippen LogP contribution in [0.2, 0.25) is 0 Å². The molecular weight excluding hydrogens is 286 g/mol. The highest BCUT2D eigenvalue weighted by Gasteiger charge is 2.48. The smallest absolute Gasteiger partial charge is 0.168 e. The van der Waals surface area contributed by atoms with Crippen LogP contribution in [0.4, 0.5) is 0 Å². The summed E-state index contributed by atoms with van der Waals surface area (Å²) >= 11 is 0. The maximum Gasteiger partial charge on any atom is 0.168 e. The topological polar surface area (TPSA) is 30.5 Å². The molecular formula is C20H37NO2. The van der Waals surface area contributed by atoms with Gasteiger partial charge in [-0.3, -0.25) is 0 Å². The SMILES string of the molecule is CCC(C)(C)C(NC1CCCCC1)C1COC2(CCCCC2)O1. The number of hydrogen-bond acceptors (Lipinski definition) is 3. The van der Waals surface area contributed by atoms with E-state index in [4.69, 9.17) is 9.47 Å². The van der Waals surface area contributed by atoms with E-state index in [1.165, 1.54) is 57.8 Å². The van der Waals surface area contributed by atoms with Crippen molar-refractivity contribution in [1.82, 2.24) is 5.32 Å². The summed E-state index contributed by atoms with van der Waals surface area (Å²) < 4.78 is 12.8. The van der Waals surface area contributed by atoms with E-state index in [0.29, 0.717) is 12.1 Å². The zero-order valence-corrected chi connectivity index (χ0v) is 15.5. The zero-order chi connectivity index (χ0) is 16.3. The molecule has 0 radical (unpaired) electrons. The maximum absolute atomic E-state index is 6.60. The second-order valence-corrected chi connectivity index (χ2v) is 8.76. The van der Waals surface area contributed by atoms with Crippen molar-refractivity contribution < 1.29 is 9.47 Å². The molecule has 3 fully saturated rings. The predicted octanol–water partition coefficient (Wildman–Crippen LogP) is 4.79. The van der Waals surface area contributed by atoms with Crippen LogP contribution in [-0.4, -0.2) is 30.6 Å². The molecule has 3 aliphatic rings. The standard InChI is InChI=1S/C20H37NO2/c1-4-19(2,3)18(21-16-11-7-5-8-12-16)17-15-22-20(23-17)13-9-6-10-14-20/h16-18,21H,4-15H2,1-3H3. The molecule has 3 nitrogen and oxygen atoms in total. The van der Waals surface area contributed by atoms with Gasteiger partial charge in [0.05, 0.1) is 6.61 Å². The van der Waals surface area contributed by atoms with Crippen LogP contribution < -0.4 is 5.32 Å². The summed E-state index contributed by atoms with van der Waals surface area (Å²) in [4.78, 5) is 0. The van der Waals surface area contributed by atoms with Crippen molar-refractivity contribution in [3.8, 4) is 0 Å². The molecule has 23 heavy (non-hydrogen) atoms. The van der Waals surface area contributed by atoms with Gasteiger partial charge in [0.2, 0.25) is 0 Å². The summed E-state index contributed by atoms with van der Waals surface area (Å²) in [6.07, 6.45) is 14.2. The Morgan fingerprint density at radius 3 is 2.35 bits per heavy atom. The summed E-state index contributed by atoms with van der Waals surface area (Å²) in [5.74, 6) is -0.251. The van der Waals surface area contributed by atoms with Crippen molar-refractivity contribution in [2.45, 2.75) is 115 Å². The Kier molecular flexibility index (Phi) is 5.70. The third-order valence-corrected chi connectivity index (χ3v) is 6.64. The van der Waals surface area contributed by atoms with Gasteiger partial charge in [-0.1, -0.05) is 46.5 Å². The Morgan fingerprint density at radius 1 is 1.04 bits per heavy atom. The van der Waals surface area contributed by atoms with Gasteiger partial charge in [0, 0.05) is 24.9 Å². The van der Waals surface area contributed by atoms with Crippen LogP contribution in [0.5, 0.6) is 0 Å². The lowest BCUT2D eigenvalue weighted by atomic mass is 9.78. The quantitative estimate of drug-likeness (QED) is 0.789. The minimum atomic E-state index is -0.251. The fraction of sp³-hybridized carbons (Fsp3) is 1.00. The molecule has 1 aliphatic heterocycles. The average Bonchev–Trinajstić information content (AvgIpc) is 2.97. The van der Waals surface area contributed by atoms with Crippen molar-refractivity contribution in [2.75, 3.05) is 6.61 Å². The third-order valence-electron chi connectivity index (χ3n) is 6.64. The van der Waals surface area contributed by atoms with Gasteiger partial charge in [-0.2, -0.15) is 0 Å². The summed E-state index contributed by atoms with van der Waals surface area (Å²) in [5.41, 5.74) is 0.242. The molecule has 0 aromatic rings. The Balaban J connectivity index is 1.68. The van der Waals surface area contributed by atoms with Crippen molar-refractivity contribution in [1.29, 1.82) is 0 Å². The van der Waals surface area contributed by atoms with Crippen LogP contribution >= 0.6 is 0 Å². The second-order valence-electron chi connectivity index (χ2n) is 8.76. The summed E-state index contributed by atoms with van der Waals surface area (Å²) in [6.45, 7) is 7.86. The molecule has 3 heteroatoms. The largest absolute Gasteiger partial charge is 0.347 e. The molecule has 0 amide bonds. The van der Waals surface area contributed by atoms with Crippen molar-refractivity contribution in [2.24, 2.45) is 5.41 Å². The fourth-order valence-electron chi connectivity index (χ4n) is 4.67. The highest BCUT2D eigenvalue weighted by atomic mass is 16.7. The number of hydrogen-bond donors (Lipinski definition) is 1. The van der Waals surface area contributed by atoms with Gasteiger partial charge in [-0.25, -0.2) is 0 Å². The predicted molar refractivity (Wildman–Crippen MR) is 94.5 cm³/mol. The lowest BCUT2D eigenvalue weighted by Gasteiger charge is -2.41. The van der Waals surface area contributed by atoms with E-state index in [-0.39, 0.29) is 17.3 Å². The lowest BCUT2D eigenvalue weighted by Crippen LogP contribution is -2.55. The van der Waals surface area contributed by atoms with Gasteiger partial charge < -0.3 is 14.8 Å². The number of rotatable bonds is 5. The number of nitrogens with one attached hydrogen (secondary N) is 1. The third kappa shape index (κ3) is 4.11. The first-order valence-corrected chi connectivity index (χ1v) is 10.1. The molecule has 0 bridgehead atoms. The molecule has 134 valence electrons. The highest BCUT2D eigenvalue weighted by Crippen LogP contribution is 2.41. The molecule has 1 saturated heterocycles. The average molecular weight is 324 g/mol. The highest BCUT2D eigenvalue weighted by molar-refractivity contribution is 4.96. The molecule has 0 aromatic carbocycles. The normalized spacial score (nSPS) is 30.7. The Labute approximate surface area is 142 Å². The van der Waals surface area contributed by atoms with E-state index in [1.54, 1.807) is 0 Å². The zero-order valence-electron chi connectivity index (χ0n) is 15.5. The van der Waals surface area contributed by atoms with Crippen LogP contribution in [-0.2, 0) is 9.47 Å². The first-order valence-electron chi connectivity index (χ1n) is 10.1. The summed E-state index contributed by atoms with van der Waals surface area (Å²) in [5, 5.41) is 4.01. The van der Waals surface area contributed by atoms with Crippen molar-refractivity contribution in [3.05, 3.63) is 0 Å². The van der Waals surface area contributed by atoms with E-state index >= 15 is 0 Å². The Bertz CT molecular complexity index is 370. The number of ether oxygens (including phenoxy) is 2. The van der Waals surface area contributed by atoms with Crippen LogP contribution in [0.25, 0.3) is 0 Å². The first kappa shape index (κ1) is 17.7. The molecule has 2 unspecified atom stereocenters. The molecule has 2 saturated carbocycles. The van der Waals surface area contributed by atoms with Crippen molar-refractivity contribution in [3.63, 3.8) is 0 Å². The molecule has 2 atom stereocenters. The van der Waals surface area contributed by atoms with Gasteiger partial charge in [0.1, 0.15) is 6.10 Å². The monoisotopic (exact) mass is 323 g/mol. The molecule has 2 aliphatic carbocycles. The van der Waals surface area contributed by atoms with E-state index in [9.17, 15) is 0 Å². The molecule has 1 heterocycles.